The summed E-state index contributed by atoms with van der Waals surface area (Å²) >= 11 is 0. The van der Waals surface area contributed by atoms with Crippen molar-refractivity contribution in [1.29, 1.82) is 0 Å². The Morgan fingerprint density at radius 3 is 1.16 bits per heavy atom. The standard InChI is InChI=1S/C19H33F3N4O3.C2H4O/c1-15(2)16(3)26-10-8-24(13-18(21)28)6-4-23(12-17(20)27)5-7-25(9-11-26)14-19(22)29;1-2-3/h15-16H,4-14H2,1-3H3;2H,1H3. The predicted octanol–water partition coefficient (Wildman–Crippen LogP) is 0.946. The van der Waals surface area contributed by atoms with E-state index in [-0.39, 0.29) is 45.3 Å². The highest BCUT2D eigenvalue weighted by atomic mass is 19.1. The van der Waals surface area contributed by atoms with Gasteiger partial charge in [0.25, 0.3) is 0 Å². The van der Waals surface area contributed by atoms with E-state index in [9.17, 15) is 27.6 Å². The summed E-state index contributed by atoms with van der Waals surface area (Å²) < 4.78 is 39.0. The van der Waals surface area contributed by atoms with Crippen LogP contribution in [0.4, 0.5) is 13.2 Å². The zero-order valence-corrected chi connectivity index (χ0v) is 19.6. The average Bonchev–Trinajstić information content (AvgIpc) is 2.67. The smallest absolute Gasteiger partial charge is 0.304 e. The van der Waals surface area contributed by atoms with E-state index < -0.39 is 24.7 Å². The van der Waals surface area contributed by atoms with E-state index in [1.807, 2.05) is 0 Å². The Hall–Kier alpha value is -1.69. The molecule has 1 saturated heterocycles. The maximum absolute atomic E-state index is 13.0. The molecule has 0 aliphatic carbocycles. The van der Waals surface area contributed by atoms with Crippen LogP contribution in [-0.4, -0.2) is 122 Å². The van der Waals surface area contributed by atoms with Gasteiger partial charge >= 0.3 is 18.1 Å². The molecule has 32 heavy (non-hydrogen) atoms. The normalized spacial score (nSPS) is 19.2. The van der Waals surface area contributed by atoms with Crippen LogP contribution in [0.25, 0.3) is 0 Å². The quantitative estimate of drug-likeness (QED) is 0.386. The first kappa shape index (κ1) is 30.3. The Bertz CT molecular complexity index is 563. The number of rotatable bonds is 8. The van der Waals surface area contributed by atoms with Crippen LogP contribution in [0.1, 0.15) is 27.7 Å². The summed E-state index contributed by atoms with van der Waals surface area (Å²) in [6, 6.07) is -4.19. The van der Waals surface area contributed by atoms with Crippen molar-refractivity contribution in [3.8, 4) is 0 Å². The fourth-order valence-electron chi connectivity index (χ4n) is 3.38. The number of halogens is 3. The van der Waals surface area contributed by atoms with Gasteiger partial charge in [-0.1, -0.05) is 13.8 Å². The second-order valence-corrected chi connectivity index (χ2v) is 8.15. The molecular weight excluding hydrogens is 429 g/mol. The summed E-state index contributed by atoms with van der Waals surface area (Å²) in [6.45, 7) is 9.57. The average molecular weight is 467 g/mol. The Morgan fingerprint density at radius 2 is 0.938 bits per heavy atom. The summed E-state index contributed by atoms with van der Waals surface area (Å²) in [4.78, 5) is 48.7. The van der Waals surface area contributed by atoms with Gasteiger partial charge in [-0.05, 0) is 19.8 Å². The summed E-state index contributed by atoms with van der Waals surface area (Å²) in [5.41, 5.74) is 0. The molecule has 0 spiro atoms. The molecule has 8 nitrogen and oxygen atoms in total. The summed E-state index contributed by atoms with van der Waals surface area (Å²) in [6.07, 6.45) is 0.750. The molecular formula is C21H37F3N4O4. The number of nitrogens with zero attached hydrogens (tertiary/aromatic N) is 4. The molecule has 1 fully saturated rings. The Labute approximate surface area is 188 Å². The predicted molar refractivity (Wildman–Crippen MR) is 115 cm³/mol. The highest BCUT2D eigenvalue weighted by Gasteiger charge is 2.23. The van der Waals surface area contributed by atoms with E-state index in [1.165, 1.54) is 11.8 Å². The van der Waals surface area contributed by atoms with Crippen molar-refractivity contribution in [2.75, 3.05) is 72.0 Å². The van der Waals surface area contributed by atoms with Crippen LogP contribution in [0, 0.1) is 5.92 Å². The minimum atomic E-state index is -1.50. The third-order valence-corrected chi connectivity index (χ3v) is 5.46. The van der Waals surface area contributed by atoms with Crippen molar-refractivity contribution < 1.29 is 32.3 Å². The zero-order chi connectivity index (χ0) is 24.7. The maximum Gasteiger partial charge on any atom is 0.315 e. The molecule has 0 aromatic carbocycles. The lowest BCUT2D eigenvalue weighted by Crippen LogP contribution is -2.50. The van der Waals surface area contributed by atoms with Crippen LogP contribution >= 0.6 is 0 Å². The van der Waals surface area contributed by atoms with Gasteiger partial charge in [0.1, 0.15) is 6.29 Å². The Kier molecular flexibility index (Phi) is 16.0. The molecule has 0 amide bonds. The van der Waals surface area contributed by atoms with Crippen molar-refractivity contribution >= 4 is 24.4 Å². The lowest BCUT2D eigenvalue weighted by molar-refractivity contribution is -0.132. The third kappa shape index (κ3) is 14.4. The molecule has 1 rings (SSSR count). The van der Waals surface area contributed by atoms with Crippen LogP contribution in [0.3, 0.4) is 0 Å². The second-order valence-electron chi connectivity index (χ2n) is 8.15. The lowest BCUT2D eigenvalue weighted by Gasteiger charge is -2.36. The lowest BCUT2D eigenvalue weighted by atomic mass is 10.0. The molecule has 0 bridgehead atoms. The van der Waals surface area contributed by atoms with Crippen molar-refractivity contribution in [3.05, 3.63) is 0 Å². The van der Waals surface area contributed by atoms with Gasteiger partial charge in [0.15, 0.2) is 0 Å². The molecule has 1 aliphatic rings. The van der Waals surface area contributed by atoms with Gasteiger partial charge in [-0.15, -0.1) is 0 Å². The molecule has 1 atom stereocenters. The van der Waals surface area contributed by atoms with E-state index in [1.54, 1.807) is 9.80 Å². The minimum absolute atomic E-state index is 0.199. The molecule has 1 heterocycles. The zero-order valence-electron chi connectivity index (χ0n) is 19.6. The van der Waals surface area contributed by atoms with Crippen LogP contribution < -0.4 is 0 Å². The number of aldehydes is 1. The fraction of sp³-hybridized carbons (Fsp3) is 0.810. The molecule has 1 unspecified atom stereocenters. The van der Waals surface area contributed by atoms with E-state index >= 15 is 0 Å². The topological polar surface area (TPSA) is 81.2 Å². The molecule has 11 heteroatoms. The minimum Gasteiger partial charge on any atom is -0.304 e. The van der Waals surface area contributed by atoms with Crippen molar-refractivity contribution in [3.63, 3.8) is 0 Å². The largest absolute Gasteiger partial charge is 0.315 e. The van der Waals surface area contributed by atoms with Crippen molar-refractivity contribution in [2.24, 2.45) is 5.92 Å². The third-order valence-electron chi connectivity index (χ3n) is 5.46. The van der Waals surface area contributed by atoms with Crippen LogP contribution in [0.2, 0.25) is 0 Å². The summed E-state index contributed by atoms with van der Waals surface area (Å²) in [5, 5.41) is 0. The molecule has 0 N–H and O–H groups in total. The van der Waals surface area contributed by atoms with Gasteiger partial charge in [0, 0.05) is 58.4 Å². The molecule has 0 aromatic heterocycles. The Balaban J connectivity index is 0.00000302. The number of hydrogen-bond donors (Lipinski definition) is 0. The fourth-order valence-corrected chi connectivity index (χ4v) is 3.38. The van der Waals surface area contributed by atoms with Crippen LogP contribution in [0.5, 0.6) is 0 Å². The van der Waals surface area contributed by atoms with Gasteiger partial charge in [-0.2, -0.15) is 13.2 Å². The molecule has 0 saturated carbocycles. The summed E-state index contributed by atoms with van der Waals surface area (Å²) in [7, 11) is 0. The van der Waals surface area contributed by atoms with E-state index in [2.05, 4.69) is 25.7 Å². The van der Waals surface area contributed by atoms with Crippen molar-refractivity contribution in [2.45, 2.75) is 33.7 Å². The summed E-state index contributed by atoms with van der Waals surface area (Å²) in [5.74, 6) is 0.349. The van der Waals surface area contributed by atoms with Gasteiger partial charge in [0.05, 0.1) is 19.6 Å². The SMILES string of the molecule is CC(C)C(C)N1CCN(CC(=O)F)CCN(CC(=O)F)CCN(CC(=O)F)CC1.CC=O. The molecule has 1 aliphatic heterocycles. The van der Waals surface area contributed by atoms with Gasteiger partial charge < -0.3 is 4.79 Å². The first-order valence-corrected chi connectivity index (χ1v) is 10.9. The number of hydrogen-bond acceptors (Lipinski definition) is 8. The monoisotopic (exact) mass is 466 g/mol. The van der Waals surface area contributed by atoms with Gasteiger partial charge in [0.2, 0.25) is 0 Å². The first-order chi connectivity index (χ1) is 15.0. The molecule has 0 radical (unpaired) electrons. The van der Waals surface area contributed by atoms with Gasteiger partial charge in [-0.25, -0.2) is 0 Å². The highest BCUT2D eigenvalue weighted by Crippen LogP contribution is 2.11. The highest BCUT2D eigenvalue weighted by molar-refractivity contribution is 5.70. The van der Waals surface area contributed by atoms with Crippen LogP contribution in [0.15, 0.2) is 0 Å². The maximum atomic E-state index is 13.0. The second kappa shape index (κ2) is 16.9. The van der Waals surface area contributed by atoms with E-state index in [0.29, 0.717) is 32.1 Å². The van der Waals surface area contributed by atoms with Crippen LogP contribution in [-0.2, 0) is 19.2 Å². The first-order valence-electron chi connectivity index (χ1n) is 10.9. The van der Waals surface area contributed by atoms with E-state index in [4.69, 9.17) is 4.79 Å². The number of carbonyl (C=O) groups excluding carboxylic acids is 4. The Morgan fingerprint density at radius 1 is 0.688 bits per heavy atom. The molecule has 186 valence electrons. The van der Waals surface area contributed by atoms with E-state index in [0.717, 1.165) is 6.29 Å². The van der Waals surface area contributed by atoms with Crippen molar-refractivity contribution in [1.82, 2.24) is 19.6 Å². The number of carbonyl (C=O) groups is 4. The van der Waals surface area contributed by atoms with Gasteiger partial charge in [-0.3, -0.25) is 34.0 Å². The molecule has 0 aromatic rings.